The van der Waals surface area contributed by atoms with Gasteiger partial charge in [0.15, 0.2) is 6.54 Å². The first-order chi connectivity index (χ1) is 10.0. The van der Waals surface area contributed by atoms with E-state index in [9.17, 15) is 9.18 Å². The van der Waals surface area contributed by atoms with Crippen LogP contribution in [0.5, 0.6) is 0 Å². The highest BCUT2D eigenvalue weighted by atomic mass is 19.1. The Balaban J connectivity index is 1.79. The van der Waals surface area contributed by atoms with Crippen molar-refractivity contribution in [1.29, 1.82) is 0 Å². The predicted octanol–water partition coefficient (Wildman–Crippen LogP) is 1.54. The minimum atomic E-state index is -0.221. The zero-order valence-corrected chi connectivity index (χ0v) is 13.0. The van der Waals surface area contributed by atoms with Crippen LogP contribution in [-0.2, 0) is 11.3 Å². The highest BCUT2D eigenvalue weighted by molar-refractivity contribution is 5.77. The van der Waals surface area contributed by atoms with E-state index in [0.717, 1.165) is 16.9 Å². The summed E-state index contributed by atoms with van der Waals surface area (Å²) in [5.41, 5.74) is 0.923. The van der Waals surface area contributed by atoms with Gasteiger partial charge in [-0.15, -0.1) is 0 Å². The van der Waals surface area contributed by atoms with E-state index in [1.165, 1.54) is 31.4 Å². The molecule has 2 rings (SSSR count). The monoisotopic (exact) mass is 293 g/mol. The molecule has 1 saturated carbocycles. The summed E-state index contributed by atoms with van der Waals surface area (Å²) in [7, 11) is 1.97. The summed E-state index contributed by atoms with van der Waals surface area (Å²) >= 11 is 0. The van der Waals surface area contributed by atoms with Crippen molar-refractivity contribution in [3.05, 3.63) is 35.6 Å². The van der Waals surface area contributed by atoms with E-state index in [1.807, 2.05) is 13.1 Å². The van der Waals surface area contributed by atoms with Gasteiger partial charge in [-0.1, -0.05) is 31.9 Å². The van der Waals surface area contributed by atoms with Crippen LogP contribution in [0, 0.1) is 11.7 Å². The van der Waals surface area contributed by atoms with Crippen LogP contribution in [0.15, 0.2) is 24.3 Å². The molecular weight excluding hydrogens is 267 g/mol. The number of quaternary nitrogens is 1. The van der Waals surface area contributed by atoms with E-state index in [1.54, 1.807) is 6.07 Å². The SMILES string of the molecule is C[C@H]1CCCC[C@H]1NC(=O)C[NH+](C)Cc1cccc(F)c1. The second kappa shape index (κ2) is 7.55. The van der Waals surface area contributed by atoms with Gasteiger partial charge in [0, 0.05) is 11.6 Å². The standard InChI is InChI=1S/C17H25FN2O/c1-13-6-3-4-9-16(13)19-17(21)12-20(2)11-14-7-5-8-15(18)10-14/h5,7-8,10,13,16H,3-4,6,9,11-12H2,1-2H3,(H,19,21)/p+1/t13-,16+/m0/s1. The number of hydrogen-bond donors (Lipinski definition) is 2. The van der Waals surface area contributed by atoms with Crippen LogP contribution in [0.3, 0.4) is 0 Å². The fourth-order valence-corrected chi connectivity index (χ4v) is 3.12. The summed E-state index contributed by atoms with van der Waals surface area (Å²) in [4.78, 5) is 13.2. The third-order valence-electron chi connectivity index (χ3n) is 4.32. The Bertz CT molecular complexity index is 478. The molecule has 0 aliphatic heterocycles. The van der Waals surface area contributed by atoms with E-state index in [2.05, 4.69) is 12.2 Å². The lowest BCUT2D eigenvalue weighted by atomic mass is 9.86. The average Bonchev–Trinajstić information content (AvgIpc) is 2.41. The molecule has 116 valence electrons. The predicted molar refractivity (Wildman–Crippen MR) is 81.4 cm³/mol. The van der Waals surface area contributed by atoms with Crippen molar-refractivity contribution < 1.29 is 14.1 Å². The Kier molecular flexibility index (Phi) is 5.74. The number of amides is 1. The summed E-state index contributed by atoms with van der Waals surface area (Å²) in [5.74, 6) is 0.453. The third-order valence-corrected chi connectivity index (χ3v) is 4.32. The Morgan fingerprint density at radius 2 is 2.14 bits per heavy atom. The molecule has 0 spiro atoms. The number of benzene rings is 1. The first-order valence-electron chi connectivity index (χ1n) is 7.89. The summed E-state index contributed by atoms with van der Waals surface area (Å²) in [5, 5.41) is 3.16. The molecule has 1 aromatic carbocycles. The van der Waals surface area contributed by atoms with E-state index in [0.29, 0.717) is 25.0 Å². The van der Waals surface area contributed by atoms with Gasteiger partial charge in [-0.25, -0.2) is 4.39 Å². The summed E-state index contributed by atoms with van der Waals surface area (Å²) in [6, 6.07) is 6.91. The largest absolute Gasteiger partial charge is 0.348 e. The van der Waals surface area contributed by atoms with Crippen LogP contribution in [0.2, 0.25) is 0 Å². The van der Waals surface area contributed by atoms with Crippen LogP contribution < -0.4 is 10.2 Å². The number of carbonyl (C=O) groups excluding carboxylic acids is 1. The number of hydrogen-bond acceptors (Lipinski definition) is 1. The second-order valence-electron chi connectivity index (χ2n) is 6.38. The van der Waals surface area contributed by atoms with Gasteiger partial charge in [-0.2, -0.15) is 0 Å². The van der Waals surface area contributed by atoms with Crippen molar-refractivity contribution in [1.82, 2.24) is 5.32 Å². The summed E-state index contributed by atoms with van der Waals surface area (Å²) < 4.78 is 13.1. The quantitative estimate of drug-likeness (QED) is 0.848. The second-order valence-corrected chi connectivity index (χ2v) is 6.38. The number of likely N-dealkylation sites (N-methyl/N-ethyl adjacent to an activating group) is 1. The zero-order valence-electron chi connectivity index (χ0n) is 13.0. The van der Waals surface area contributed by atoms with Crippen molar-refractivity contribution in [2.45, 2.75) is 45.2 Å². The highest BCUT2D eigenvalue weighted by Gasteiger charge is 2.23. The minimum absolute atomic E-state index is 0.0997. The first-order valence-corrected chi connectivity index (χ1v) is 7.89. The molecule has 21 heavy (non-hydrogen) atoms. The molecule has 2 N–H and O–H groups in total. The number of rotatable bonds is 5. The molecule has 0 heterocycles. The van der Waals surface area contributed by atoms with Gasteiger partial charge < -0.3 is 10.2 Å². The van der Waals surface area contributed by atoms with Crippen molar-refractivity contribution >= 4 is 5.91 Å². The van der Waals surface area contributed by atoms with Crippen molar-refractivity contribution in [3.8, 4) is 0 Å². The Morgan fingerprint density at radius 3 is 2.86 bits per heavy atom. The fraction of sp³-hybridized carbons (Fsp3) is 0.588. The smallest absolute Gasteiger partial charge is 0.275 e. The molecule has 1 aliphatic carbocycles. The number of carbonyl (C=O) groups is 1. The normalized spacial score (nSPS) is 23.6. The molecule has 0 saturated heterocycles. The van der Waals surface area contributed by atoms with Gasteiger partial charge in [0.05, 0.1) is 7.05 Å². The van der Waals surface area contributed by atoms with Gasteiger partial charge in [0.25, 0.3) is 5.91 Å². The zero-order chi connectivity index (χ0) is 15.2. The molecule has 1 aliphatic rings. The fourth-order valence-electron chi connectivity index (χ4n) is 3.12. The molecule has 0 radical (unpaired) electrons. The third kappa shape index (κ3) is 5.12. The van der Waals surface area contributed by atoms with Crippen LogP contribution >= 0.6 is 0 Å². The Labute approximate surface area is 126 Å². The van der Waals surface area contributed by atoms with Gasteiger partial charge >= 0.3 is 0 Å². The molecule has 1 fully saturated rings. The van der Waals surface area contributed by atoms with E-state index in [-0.39, 0.29) is 11.7 Å². The van der Waals surface area contributed by atoms with Gasteiger partial charge in [0.1, 0.15) is 12.4 Å². The average molecular weight is 293 g/mol. The molecule has 0 bridgehead atoms. The van der Waals surface area contributed by atoms with Crippen LogP contribution in [-0.4, -0.2) is 25.5 Å². The van der Waals surface area contributed by atoms with Crippen LogP contribution in [0.4, 0.5) is 4.39 Å². The number of halogens is 1. The molecule has 0 aromatic heterocycles. The molecule has 4 heteroatoms. The van der Waals surface area contributed by atoms with Crippen molar-refractivity contribution in [2.24, 2.45) is 5.92 Å². The molecule has 1 amide bonds. The first kappa shape index (κ1) is 16.0. The lowest BCUT2D eigenvalue weighted by Gasteiger charge is -2.29. The van der Waals surface area contributed by atoms with Crippen LogP contribution in [0.25, 0.3) is 0 Å². The van der Waals surface area contributed by atoms with Crippen molar-refractivity contribution in [2.75, 3.05) is 13.6 Å². The maximum absolute atomic E-state index is 13.1. The molecule has 3 atom stereocenters. The molecule has 1 unspecified atom stereocenters. The lowest BCUT2D eigenvalue weighted by Crippen LogP contribution is -3.09. The lowest BCUT2D eigenvalue weighted by molar-refractivity contribution is -0.885. The van der Waals surface area contributed by atoms with Crippen LogP contribution in [0.1, 0.15) is 38.2 Å². The molecule has 1 aromatic rings. The minimum Gasteiger partial charge on any atom is -0.348 e. The summed E-state index contributed by atoms with van der Waals surface area (Å²) in [6.45, 7) is 3.30. The number of nitrogens with one attached hydrogen (secondary N) is 2. The van der Waals surface area contributed by atoms with E-state index >= 15 is 0 Å². The van der Waals surface area contributed by atoms with Crippen molar-refractivity contribution in [3.63, 3.8) is 0 Å². The summed E-state index contributed by atoms with van der Waals surface area (Å²) in [6.07, 6.45) is 4.78. The molecular formula is C17H26FN2O+. The van der Waals surface area contributed by atoms with Gasteiger partial charge in [-0.3, -0.25) is 4.79 Å². The van der Waals surface area contributed by atoms with E-state index in [4.69, 9.17) is 0 Å². The Hall–Kier alpha value is -1.42. The molecule has 3 nitrogen and oxygen atoms in total. The maximum Gasteiger partial charge on any atom is 0.275 e. The maximum atomic E-state index is 13.1. The van der Waals surface area contributed by atoms with Gasteiger partial charge in [-0.05, 0) is 30.9 Å². The van der Waals surface area contributed by atoms with Gasteiger partial charge in [0.2, 0.25) is 0 Å². The topological polar surface area (TPSA) is 33.5 Å². The van der Waals surface area contributed by atoms with E-state index < -0.39 is 0 Å². The Morgan fingerprint density at radius 1 is 1.38 bits per heavy atom. The highest BCUT2D eigenvalue weighted by Crippen LogP contribution is 2.23.